The highest BCUT2D eigenvalue weighted by molar-refractivity contribution is 5.83. The lowest BCUT2D eigenvalue weighted by molar-refractivity contribution is -0.133. The standard InChI is InChI=1S/C18H20N4O/c1-21(2)18(23)14-7-5-9-22(12-14)17-15(11-19)10-13-6-3-4-8-16(13)20-17/h3-4,6,8,10,14H,5,7,9,12H2,1-2H3. The summed E-state index contributed by atoms with van der Waals surface area (Å²) in [6, 6.07) is 11.9. The van der Waals surface area contributed by atoms with Crippen LogP contribution in [0.25, 0.3) is 10.9 Å². The van der Waals surface area contributed by atoms with E-state index in [-0.39, 0.29) is 11.8 Å². The highest BCUT2D eigenvalue weighted by Gasteiger charge is 2.28. The summed E-state index contributed by atoms with van der Waals surface area (Å²) >= 11 is 0. The van der Waals surface area contributed by atoms with E-state index in [4.69, 9.17) is 0 Å². The zero-order valence-electron chi connectivity index (χ0n) is 13.5. The van der Waals surface area contributed by atoms with Crippen molar-refractivity contribution in [1.82, 2.24) is 9.88 Å². The molecule has 1 amide bonds. The highest BCUT2D eigenvalue weighted by Crippen LogP contribution is 2.28. The summed E-state index contributed by atoms with van der Waals surface area (Å²) in [6.07, 6.45) is 1.83. The Morgan fingerprint density at radius 2 is 2.17 bits per heavy atom. The molecule has 23 heavy (non-hydrogen) atoms. The summed E-state index contributed by atoms with van der Waals surface area (Å²) in [5, 5.41) is 10.4. The number of fused-ring (bicyclic) bond motifs is 1. The molecule has 0 aliphatic carbocycles. The number of nitriles is 1. The van der Waals surface area contributed by atoms with E-state index < -0.39 is 0 Å². The second kappa shape index (κ2) is 6.25. The molecule has 1 saturated heterocycles. The van der Waals surface area contributed by atoms with E-state index in [1.807, 2.05) is 30.3 Å². The van der Waals surface area contributed by atoms with Crippen molar-refractivity contribution in [3.05, 3.63) is 35.9 Å². The van der Waals surface area contributed by atoms with Crippen molar-refractivity contribution < 1.29 is 4.79 Å². The van der Waals surface area contributed by atoms with Crippen molar-refractivity contribution in [2.75, 3.05) is 32.1 Å². The summed E-state index contributed by atoms with van der Waals surface area (Å²) in [5.74, 6) is 0.815. The van der Waals surface area contributed by atoms with Crippen LogP contribution in [0.1, 0.15) is 18.4 Å². The Balaban J connectivity index is 1.95. The number of para-hydroxylation sites is 1. The average Bonchev–Trinajstić information content (AvgIpc) is 2.59. The van der Waals surface area contributed by atoms with E-state index in [2.05, 4.69) is 16.0 Å². The minimum Gasteiger partial charge on any atom is -0.355 e. The van der Waals surface area contributed by atoms with Gasteiger partial charge in [0.25, 0.3) is 0 Å². The number of piperidine rings is 1. The van der Waals surface area contributed by atoms with Crippen LogP contribution in [-0.4, -0.2) is 43.0 Å². The molecule has 1 unspecified atom stereocenters. The Hall–Kier alpha value is -2.61. The molecule has 0 radical (unpaired) electrons. The van der Waals surface area contributed by atoms with Crippen molar-refractivity contribution in [3.8, 4) is 6.07 Å². The van der Waals surface area contributed by atoms with Crippen LogP contribution in [-0.2, 0) is 4.79 Å². The molecule has 3 rings (SSSR count). The van der Waals surface area contributed by atoms with Gasteiger partial charge in [0.2, 0.25) is 5.91 Å². The molecule has 1 atom stereocenters. The maximum atomic E-state index is 12.3. The molecular formula is C18H20N4O. The molecule has 118 valence electrons. The van der Waals surface area contributed by atoms with Crippen molar-refractivity contribution in [2.45, 2.75) is 12.8 Å². The van der Waals surface area contributed by atoms with Gasteiger partial charge in [0.1, 0.15) is 11.9 Å². The van der Waals surface area contributed by atoms with Crippen LogP contribution < -0.4 is 4.90 Å². The van der Waals surface area contributed by atoms with Gasteiger partial charge in [-0.05, 0) is 25.0 Å². The number of anilines is 1. The Labute approximate surface area is 136 Å². The highest BCUT2D eigenvalue weighted by atomic mass is 16.2. The number of rotatable bonds is 2. The van der Waals surface area contributed by atoms with Gasteiger partial charge in [-0.1, -0.05) is 18.2 Å². The quantitative estimate of drug-likeness (QED) is 0.855. The van der Waals surface area contributed by atoms with Crippen LogP contribution >= 0.6 is 0 Å². The predicted molar refractivity (Wildman–Crippen MR) is 90.1 cm³/mol. The van der Waals surface area contributed by atoms with Crippen molar-refractivity contribution in [3.63, 3.8) is 0 Å². The molecule has 1 aromatic heterocycles. The molecule has 0 spiro atoms. The SMILES string of the molecule is CN(C)C(=O)C1CCCN(c2nc3ccccc3cc2C#N)C1. The van der Waals surface area contributed by atoms with Gasteiger partial charge in [0.15, 0.2) is 0 Å². The predicted octanol–water partition coefficient (Wildman–Crippen LogP) is 2.41. The number of nitrogens with zero attached hydrogens (tertiary/aromatic N) is 4. The molecule has 1 aromatic carbocycles. The summed E-state index contributed by atoms with van der Waals surface area (Å²) in [4.78, 5) is 20.7. The molecule has 1 aliphatic heterocycles. The Morgan fingerprint density at radius 1 is 1.39 bits per heavy atom. The number of hydrogen-bond donors (Lipinski definition) is 0. The third-order valence-electron chi connectivity index (χ3n) is 4.34. The van der Waals surface area contributed by atoms with E-state index in [0.717, 1.165) is 30.3 Å². The number of hydrogen-bond acceptors (Lipinski definition) is 4. The van der Waals surface area contributed by atoms with Gasteiger partial charge in [-0.3, -0.25) is 4.79 Å². The number of carbonyl (C=O) groups is 1. The number of aromatic nitrogens is 1. The third-order valence-corrected chi connectivity index (χ3v) is 4.34. The fourth-order valence-electron chi connectivity index (χ4n) is 3.17. The van der Waals surface area contributed by atoms with Gasteiger partial charge in [0, 0.05) is 32.6 Å². The van der Waals surface area contributed by atoms with E-state index in [1.54, 1.807) is 19.0 Å². The Morgan fingerprint density at radius 3 is 2.91 bits per heavy atom. The van der Waals surface area contributed by atoms with Crippen LogP contribution in [0.2, 0.25) is 0 Å². The van der Waals surface area contributed by atoms with E-state index >= 15 is 0 Å². The second-order valence-corrected chi connectivity index (χ2v) is 6.18. The number of pyridine rings is 1. The smallest absolute Gasteiger partial charge is 0.226 e. The topological polar surface area (TPSA) is 60.2 Å². The van der Waals surface area contributed by atoms with Crippen molar-refractivity contribution in [2.24, 2.45) is 5.92 Å². The van der Waals surface area contributed by atoms with Gasteiger partial charge in [-0.15, -0.1) is 0 Å². The monoisotopic (exact) mass is 308 g/mol. The number of benzene rings is 1. The molecule has 2 aromatic rings. The summed E-state index contributed by atoms with van der Waals surface area (Å²) in [5.41, 5.74) is 1.45. The number of carbonyl (C=O) groups excluding carboxylic acids is 1. The Bertz CT molecular complexity index is 778. The molecule has 1 fully saturated rings. The molecule has 5 nitrogen and oxygen atoms in total. The lowest BCUT2D eigenvalue weighted by Gasteiger charge is -2.34. The zero-order valence-corrected chi connectivity index (χ0v) is 13.5. The van der Waals surface area contributed by atoms with E-state index in [9.17, 15) is 10.1 Å². The first kappa shape index (κ1) is 15.3. The number of amides is 1. The lowest BCUT2D eigenvalue weighted by atomic mass is 9.96. The van der Waals surface area contributed by atoms with Gasteiger partial charge in [0.05, 0.1) is 17.0 Å². The fourth-order valence-corrected chi connectivity index (χ4v) is 3.17. The minimum absolute atomic E-state index is 0.0291. The van der Waals surface area contributed by atoms with E-state index in [1.165, 1.54) is 0 Å². The summed E-state index contributed by atoms with van der Waals surface area (Å²) in [7, 11) is 3.58. The van der Waals surface area contributed by atoms with Crippen LogP contribution in [0, 0.1) is 17.2 Å². The maximum Gasteiger partial charge on any atom is 0.226 e. The second-order valence-electron chi connectivity index (χ2n) is 6.18. The van der Waals surface area contributed by atoms with Gasteiger partial charge in [-0.25, -0.2) is 4.98 Å². The lowest BCUT2D eigenvalue weighted by Crippen LogP contribution is -2.43. The first-order valence-electron chi connectivity index (χ1n) is 7.86. The zero-order chi connectivity index (χ0) is 16.4. The van der Waals surface area contributed by atoms with E-state index in [0.29, 0.717) is 17.9 Å². The van der Waals surface area contributed by atoms with Crippen LogP contribution in [0.15, 0.2) is 30.3 Å². The van der Waals surface area contributed by atoms with Crippen LogP contribution in [0.5, 0.6) is 0 Å². The normalized spacial score (nSPS) is 17.8. The third kappa shape index (κ3) is 2.98. The molecule has 2 heterocycles. The molecule has 0 saturated carbocycles. The first-order chi connectivity index (χ1) is 11.1. The van der Waals surface area contributed by atoms with Crippen LogP contribution in [0.3, 0.4) is 0 Å². The molecule has 1 aliphatic rings. The Kier molecular flexibility index (Phi) is 4.16. The van der Waals surface area contributed by atoms with Crippen molar-refractivity contribution in [1.29, 1.82) is 5.26 Å². The van der Waals surface area contributed by atoms with Crippen LogP contribution in [0.4, 0.5) is 5.82 Å². The van der Waals surface area contributed by atoms with Gasteiger partial charge >= 0.3 is 0 Å². The maximum absolute atomic E-state index is 12.3. The largest absolute Gasteiger partial charge is 0.355 e. The van der Waals surface area contributed by atoms with Crippen molar-refractivity contribution >= 4 is 22.6 Å². The molecule has 5 heteroatoms. The molecule has 0 bridgehead atoms. The summed E-state index contributed by atoms with van der Waals surface area (Å²) in [6.45, 7) is 1.45. The van der Waals surface area contributed by atoms with Gasteiger partial charge < -0.3 is 9.80 Å². The minimum atomic E-state index is -0.0291. The molecular weight excluding hydrogens is 288 g/mol. The molecule has 0 N–H and O–H groups in total. The summed E-state index contributed by atoms with van der Waals surface area (Å²) < 4.78 is 0. The average molecular weight is 308 g/mol. The fraction of sp³-hybridized carbons (Fsp3) is 0.389. The first-order valence-corrected chi connectivity index (χ1v) is 7.86. The van der Waals surface area contributed by atoms with Gasteiger partial charge in [-0.2, -0.15) is 5.26 Å².